The van der Waals surface area contributed by atoms with Gasteiger partial charge in [0.15, 0.2) is 0 Å². The van der Waals surface area contributed by atoms with Gasteiger partial charge in [-0.25, -0.2) is 0 Å². The first-order valence-electron chi connectivity index (χ1n) is 6.82. The van der Waals surface area contributed by atoms with E-state index in [2.05, 4.69) is 40.9 Å². The van der Waals surface area contributed by atoms with Crippen LogP contribution in [0.3, 0.4) is 0 Å². The molecule has 2 nitrogen and oxygen atoms in total. The SMILES string of the molecule is CCCC1CNC(CC)CN1Cc1ccsc1. The standard InChI is InChI=1S/C14H24N2S/c1-3-5-14-8-15-13(4-2)10-16(14)9-12-6-7-17-11-12/h6-7,11,13-15H,3-5,8-10H2,1-2H3. The Hall–Kier alpha value is -0.380. The van der Waals surface area contributed by atoms with Crippen LogP contribution < -0.4 is 5.32 Å². The second-order valence-corrected chi connectivity index (χ2v) is 5.80. The summed E-state index contributed by atoms with van der Waals surface area (Å²) in [6.07, 6.45) is 3.83. The molecule has 2 atom stereocenters. The number of rotatable bonds is 5. The minimum atomic E-state index is 0.682. The molecule has 1 aromatic heterocycles. The molecule has 2 heterocycles. The molecule has 1 aliphatic heterocycles. The average Bonchev–Trinajstić information content (AvgIpc) is 2.84. The first kappa shape index (κ1) is 13.1. The van der Waals surface area contributed by atoms with Crippen molar-refractivity contribution in [2.45, 2.75) is 51.7 Å². The molecule has 0 saturated carbocycles. The molecule has 0 radical (unpaired) electrons. The lowest BCUT2D eigenvalue weighted by atomic mass is 10.0. The first-order chi connectivity index (χ1) is 8.33. The molecular weight excluding hydrogens is 228 g/mol. The highest BCUT2D eigenvalue weighted by molar-refractivity contribution is 7.07. The minimum absolute atomic E-state index is 0.682. The number of hydrogen-bond donors (Lipinski definition) is 1. The van der Waals surface area contributed by atoms with E-state index in [0.717, 1.165) is 19.1 Å². The number of nitrogens with zero attached hydrogens (tertiary/aromatic N) is 1. The van der Waals surface area contributed by atoms with Crippen molar-refractivity contribution in [1.29, 1.82) is 0 Å². The minimum Gasteiger partial charge on any atom is -0.311 e. The monoisotopic (exact) mass is 252 g/mol. The Morgan fingerprint density at radius 2 is 2.35 bits per heavy atom. The van der Waals surface area contributed by atoms with E-state index in [4.69, 9.17) is 0 Å². The second kappa shape index (κ2) is 6.53. The zero-order valence-electron chi connectivity index (χ0n) is 11.0. The predicted molar refractivity (Wildman–Crippen MR) is 75.5 cm³/mol. The van der Waals surface area contributed by atoms with Crippen molar-refractivity contribution < 1.29 is 0 Å². The van der Waals surface area contributed by atoms with Gasteiger partial charge in [-0.1, -0.05) is 20.3 Å². The van der Waals surface area contributed by atoms with Gasteiger partial charge < -0.3 is 5.32 Å². The Labute approximate surface area is 109 Å². The highest BCUT2D eigenvalue weighted by atomic mass is 32.1. The number of hydrogen-bond acceptors (Lipinski definition) is 3. The van der Waals surface area contributed by atoms with Gasteiger partial charge in [-0.05, 0) is 35.2 Å². The Bertz CT molecular complexity index is 310. The van der Waals surface area contributed by atoms with Gasteiger partial charge in [0, 0.05) is 31.7 Å². The summed E-state index contributed by atoms with van der Waals surface area (Å²) in [6.45, 7) is 8.06. The van der Waals surface area contributed by atoms with E-state index >= 15 is 0 Å². The van der Waals surface area contributed by atoms with Crippen molar-refractivity contribution in [2.24, 2.45) is 0 Å². The van der Waals surface area contributed by atoms with E-state index in [0.29, 0.717) is 6.04 Å². The van der Waals surface area contributed by atoms with Crippen LogP contribution in [0.2, 0.25) is 0 Å². The van der Waals surface area contributed by atoms with Crippen LogP contribution in [0, 0.1) is 0 Å². The summed E-state index contributed by atoms with van der Waals surface area (Å²) in [5.74, 6) is 0. The zero-order chi connectivity index (χ0) is 12.1. The summed E-state index contributed by atoms with van der Waals surface area (Å²) >= 11 is 1.81. The van der Waals surface area contributed by atoms with Crippen molar-refractivity contribution in [3.05, 3.63) is 22.4 Å². The van der Waals surface area contributed by atoms with Gasteiger partial charge in [0.2, 0.25) is 0 Å². The molecule has 1 fully saturated rings. The summed E-state index contributed by atoms with van der Waals surface area (Å²) in [5.41, 5.74) is 1.48. The molecule has 0 aromatic carbocycles. The molecule has 1 saturated heterocycles. The summed E-state index contributed by atoms with van der Waals surface area (Å²) in [7, 11) is 0. The van der Waals surface area contributed by atoms with Gasteiger partial charge in [0.05, 0.1) is 0 Å². The molecule has 96 valence electrons. The molecule has 0 bridgehead atoms. The Kier molecular flexibility index (Phi) is 5.01. The largest absolute Gasteiger partial charge is 0.311 e. The zero-order valence-corrected chi connectivity index (χ0v) is 11.8. The molecule has 1 N–H and O–H groups in total. The maximum atomic E-state index is 3.67. The van der Waals surface area contributed by atoms with Crippen LogP contribution in [-0.4, -0.2) is 30.1 Å². The van der Waals surface area contributed by atoms with E-state index in [1.807, 2.05) is 11.3 Å². The topological polar surface area (TPSA) is 15.3 Å². The molecule has 17 heavy (non-hydrogen) atoms. The van der Waals surface area contributed by atoms with Crippen LogP contribution in [0.25, 0.3) is 0 Å². The van der Waals surface area contributed by atoms with Crippen molar-refractivity contribution in [1.82, 2.24) is 10.2 Å². The van der Waals surface area contributed by atoms with Crippen molar-refractivity contribution in [3.63, 3.8) is 0 Å². The lowest BCUT2D eigenvalue weighted by Crippen LogP contribution is -2.55. The Morgan fingerprint density at radius 3 is 3.00 bits per heavy atom. The fourth-order valence-electron chi connectivity index (χ4n) is 2.63. The third kappa shape index (κ3) is 3.54. The third-order valence-electron chi connectivity index (χ3n) is 3.69. The van der Waals surface area contributed by atoms with E-state index in [1.54, 1.807) is 0 Å². The van der Waals surface area contributed by atoms with Crippen molar-refractivity contribution >= 4 is 11.3 Å². The lowest BCUT2D eigenvalue weighted by molar-refractivity contribution is 0.114. The average molecular weight is 252 g/mol. The molecule has 0 aliphatic carbocycles. The fourth-order valence-corrected chi connectivity index (χ4v) is 3.29. The van der Waals surface area contributed by atoms with Gasteiger partial charge in [-0.2, -0.15) is 11.3 Å². The summed E-state index contributed by atoms with van der Waals surface area (Å²) in [4.78, 5) is 2.68. The maximum Gasteiger partial charge on any atom is 0.0246 e. The molecule has 1 aliphatic rings. The quantitative estimate of drug-likeness (QED) is 0.866. The molecule has 2 rings (SSSR count). The smallest absolute Gasteiger partial charge is 0.0246 e. The van der Waals surface area contributed by atoms with Crippen LogP contribution in [0.15, 0.2) is 16.8 Å². The van der Waals surface area contributed by atoms with Crippen LogP contribution in [0.5, 0.6) is 0 Å². The van der Waals surface area contributed by atoms with E-state index in [-0.39, 0.29) is 0 Å². The fraction of sp³-hybridized carbons (Fsp3) is 0.714. The van der Waals surface area contributed by atoms with Crippen molar-refractivity contribution in [3.8, 4) is 0 Å². The molecule has 1 aromatic rings. The van der Waals surface area contributed by atoms with Gasteiger partial charge in [-0.3, -0.25) is 4.90 Å². The highest BCUT2D eigenvalue weighted by Crippen LogP contribution is 2.18. The van der Waals surface area contributed by atoms with Gasteiger partial charge in [0.25, 0.3) is 0 Å². The van der Waals surface area contributed by atoms with Crippen molar-refractivity contribution in [2.75, 3.05) is 13.1 Å². The van der Waals surface area contributed by atoms with Crippen LogP contribution in [0.1, 0.15) is 38.7 Å². The normalized spacial score (nSPS) is 26.2. The van der Waals surface area contributed by atoms with Gasteiger partial charge in [0.1, 0.15) is 0 Å². The number of piperazine rings is 1. The molecule has 0 spiro atoms. The predicted octanol–water partition coefficient (Wildman–Crippen LogP) is 3.10. The Morgan fingerprint density at radius 1 is 1.47 bits per heavy atom. The van der Waals surface area contributed by atoms with Crippen LogP contribution in [0.4, 0.5) is 0 Å². The van der Waals surface area contributed by atoms with E-state index in [9.17, 15) is 0 Å². The van der Waals surface area contributed by atoms with E-state index < -0.39 is 0 Å². The highest BCUT2D eigenvalue weighted by Gasteiger charge is 2.26. The number of nitrogens with one attached hydrogen (secondary N) is 1. The summed E-state index contributed by atoms with van der Waals surface area (Å²) < 4.78 is 0. The summed E-state index contributed by atoms with van der Waals surface area (Å²) in [6, 6.07) is 3.67. The first-order valence-corrected chi connectivity index (χ1v) is 7.76. The molecule has 3 heteroatoms. The molecule has 2 unspecified atom stereocenters. The third-order valence-corrected chi connectivity index (χ3v) is 4.43. The Balaban J connectivity index is 1.97. The lowest BCUT2D eigenvalue weighted by Gasteiger charge is -2.40. The molecule has 0 amide bonds. The maximum absolute atomic E-state index is 3.67. The molecular formula is C14H24N2S. The van der Waals surface area contributed by atoms with Crippen LogP contribution >= 0.6 is 11.3 Å². The number of thiophene rings is 1. The van der Waals surface area contributed by atoms with E-state index in [1.165, 1.54) is 31.4 Å². The second-order valence-electron chi connectivity index (χ2n) is 5.02. The van der Waals surface area contributed by atoms with Gasteiger partial charge in [-0.15, -0.1) is 0 Å². The van der Waals surface area contributed by atoms with Crippen LogP contribution in [-0.2, 0) is 6.54 Å². The van der Waals surface area contributed by atoms with Gasteiger partial charge >= 0.3 is 0 Å². The summed E-state index contributed by atoms with van der Waals surface area (Å²) in [5, 5.41) is 8.14.